The lowest BCUT2D eigenvalue weighted by Crippen LogP contribution is -2.15. The molecule has 0 heterocycles. The van der Waals surface area contributed by atoms with Crippen molar-refractivity contribution in [3.05, 3.63) is 0 Å². The summed E-state index contributed by atoms with van der Waals surface area (Å²) in [6.45, 7) is 7.40. The molecule has 2 nitrogen and oxygen atoms in total. The molecule has 0 aromatic heterocycles. The van der Waals surface area contributed by atoms with Crippen LogP contribution in [0.5, 0.6) is 0 Å². The van der Waals surface area contributed by atoms with Crippen LogP contribution in [0.15, 0.2) is 0 Å². The molecule has 0 bridgehead atoms. The fourth-order valence-corrected chi connectivity index (χ4v) is 2.25. The average molecular weight is 241 g/mol. The molecule has 0 radical (unpaired) electrons. The third-order valence-electron chi connectivity index (χ3n) is 3.58. The van der Waals surface area contributed by atoms with Crippen molar-refractivity contribution in [3.8, 4) is 0 Å². The molecule has 0 aliphatic carbocycles. The number of hydrogen-bond acceptors (Lipinski definition) is 2. The maximum Gasteiger partial charge on any atom is 0.132 e. The Balaban J connectivity index is 3.65. The van der Waals surface area contributed by atoms with E-state index in [0.29, 0.717) is 17.6 Å². The number of nitrogens with two attached hydrogens (primary N) is 1. The second-order valence-corrected chi connectivity index (χ2v) is 5.47. The first-order valence-electron chi connectivity index (χ1n) is 7.33. The van der Waals surface area contributed by atoms with Gasteiger partial charge in [-0.1, -0.05) is 40.0 Å². The monoisotopic (exact) mass is 241 g/mol. The maximum atomic E-state index is 11.7. The van der Waals surface area contributed by atoms with Gasteiger partial charge in [-0.05, 0) is 37.6 Å². The van der Waals surface area contributed by atoms with Gasteiger partial charge >= 0.3 is 0 Å². The second kappa shape index (κ2) is 10.8. The summed E-state index contributed by atoms with van der Waals surface area (Å²) in [7, 11) is 0. The number of Topliss-reactive ketones (excluding diaryl/α,β-unsaturated/α-hetero) is 1. The maximum absolute atomic E-state index is 11.7. The van der Waals surface area contributed by atoms with Crippen molar-refractivity contribution >= 4 is 5.78 Å². The summed E-state index contributed by atoms with van der Waals surface area (Å²) in [6, 6.07) is 0. The van der Waals surface area contributed by atoms with Crippen LogP contribution in [0, 0.1) is 11.8 Å². The van der Waals surface area contributed by atoms with Gasteiger partial charge in [0.1, 0.15) is 5.78 Å². The molecule has 0 aliphatic rings. The summed E-state index contributed by atoms with van der Waals surface area (Å²) < 4.78 is 0. The first-order valence-corrected chi connectivity index (χ1v) is 7.33. The zero-order valence-corrected chi connectivity index (χ0v) is 12.0. The normalized spacial score (nSPS) is 13.0. The summed E-state index contributed by atoms with van der Waals surface area (Å²) in [5.74, 6) is 1.72. The number of carbonyl (C=O) groups is 1. The second-order valence-electron chi connectivity index (χ2n) is 5.47. The van der Waals surface area contributed by atoms with Crippen molar-refractivity contribution < 1.29 is 4.79 Å². The highest BCUT2D eigenvalue weighted by atomic mass is 16.1. The Morgan fingerprint density at radius 2 is 1.76 bits per heavy atom. The van der Waals surface area contributed by atoms with Gasteiger partial charge in [-0.25, -0.2) is 0 Å². The van der Waals surface area contributed by atoms with Crippen LogP contribution in [0.25, 0.3) is 0 Å². The quantitative estimate of drug-likeness (QED) is 0.557. The molecule has 1 unspecified atom stereocenters. The van der Waals surface area contributed by atoms with Crippen molar-refractivity contribution in [1.82, 2.24) is 0 Å². The van der Waals surface area contributed by atoms with Crippen molar-refractivity contribution in [1.29, 1.82) is 0 Å². The van der Waals surface area contributed by atoms with E-state index in [4.69, 9.17) is 5.73 Å². The zero-order chi connectivity index (χ0) is 13.1. The van der Waals surface area contributed by atoms with E-state index < -0.39 is 0 Å². The van der Waals surface area contributed by atoms with Gasteiger partial charge in [0.2, 0.25) is 0 Å². The fourth-order valence-electron chi connectivity index (χ4n) is 2.25. The van der Waals surface area contributed by atoms with Crippen molar-refractivity contribution in [3.63, 3.8) is 0 Å². The molecule has 0 aliphatic heterocycles. The summed E-state index contributed by atoms with van der Waals surface area (Å²) in [4.78, 5) is 11.7. The highest BCUT2D eigenvalue weighted by molar-refractivity contribution is 5.78. The summed E-state index contributed by atoms with van der Waals surface area (Å²) >= 11 is 0. The highest BCUT2D eigenvalue weighted by Crippen LogP contribution is 2.21. The van der Waals surface area contributed by atoms with Crippen LogP contribution in [0.3, 0.4) is 0 Å². The van der Waals surface area contributed by atoms with Crippen LogP contribution in [0.2, 0.25) is 0 Å². The van der Waals surface area contributed by atoms with E-state index in [-0.39, 0.29) is 0 Å². The Labute approximate surface area is 107 Å². The van der Waals surface area contributed by atoms with Crippen LogP contribution in [0.4, 0.5) is 0 Å². The standard InChI is InChI=1S/C15H31NO/c1-4-5-6-7-8-15(17)10-9-14(11-12-16)13(2)3/h13-14H,4-12,16H2,1-3H3. The number of ketones is 1. The topological polar surface area (TPSA) is 43.1 Å². The fraction of sp³-hybridized carbons (Fsp3) is 0.933. The van der Waals surface area contributed by atoms with E-state index in [9.17, 15) is 4.79 Å². The molecule has 2 N–H and O–H groups in total. The molecule has 17 heavy (non-hydrogen) atoms. The highest BCUT2D eigenvalue weighted by Gasteiger charge is 2.14. The van der Waals surface area contributed by atoms with Crippen molar-refractivity contribution in [2.45, 2.75) is 72.1 Å². The Morgan fingerprint density at radius 1 is 1.06 bits per heavy atom. The molecule has 0 fully saturated rings. The molecular formula is C15H31NO. The number of carbonyl (C=O) groups excluding carboxylic acids is 1. The lowest BCUT2D eigenvalue weighted by molar-refractivity contribution is -0.119. The summed E-state index contributed by atoms with van der Waals surface area (Å²) in [5, 5.41) is 0. The van der Waals surface area contributed by atoms with Crippen LogP contribution in [0.1, 0.15) is 72.1 Å². The Kier molecular flexibility index (Phi) is 10.5. The predicted octanol–water partition coefficient (Wildman–Crippen LogP) is 3.93. The minimum atomic E-state index is 0.448. The van der Waals surface area contributed by atoms with Gasteiger partial charge in [0.15, 0.2) is 0 Å². The summed E-state index contributed by atoms with van der Waals surface area (Å²) in [5.41, 5.74) is 5.60. The van der Waals surface area contributed by atoms with Gasteiger partial charge in [0.25, 0.3) is 0 Å². The minimum absolute atomic E-state index is 0.448. The van der Waals surface area contributed by atoms with Crippen LogP contribution in [-0.2, 0) is 4.79 Å². The van der Waals surface area contributed by atoms with Crippen LogP contribution >= 0.6 is 0 Å². The third kappa shape index (κ3) is 9.34. The predicted molar refractivity (Wildman–Crippen MR) is 75.0 cm³/mol. The third-order valence-corrected chi connectivity index (χ3v) is 3.58. The van der Waals surface area contributed by atoms with Gasteiger partial charge < -0.3 is 5.73 Å². The Hall–Kier alpha value is -0.370. The Morgan fingerprint density at radius 3 is 2.29 bits per heavy atom. The molecular weight excluding hydrogens is 210 g/mol. The van der Waals surface area contributed by atoms with Crippen molar-refractivity contribution in [2.24, 2.45) is 17.6 Å². The molecule has 0 rings (SSSR count). The molecule has 102 valence electrons. The molecule has 2 heteroatoms. The van der Waals surface area contributed by atoms with E-state index in [1.165, 1.54) is 19.3 Å². The lowest BCUT2D eigenvalue weighted by Gasteiger charge is -2.19. The SMILES string of the molecule is CCCCCCC(=O)CCC(CCN)C(C)C. The molecule has 0 spiro atoms. The van der Waals surface area contributed by atoms with Crippen molar-refractivity contribution in [2.75, 3.05) is 6.54 Å². The smallest absolute Gasteiger partial charge is 0.132 e. The van der Waals surface area contributed by atoms with E-state index in [0.717, 1.165) is 38.6 Å². The molecule has 0 saturated heterocycles. The van der Waals surface area contributed by atoms with Crippen LogP contribution < -0.4 is 5.73 Å². The average Bonchev–Trinajstić information content (AvgIpc) is 2.29. The molecule has 0 amide bonds. The largest absolute Gasteiger partial charge is 0.330 e. The van der Waals surface area contributed by atoms with E-state index in [1.54, 1.807) is 0 Å². The van der Waals surface area contributed by atoms with E-state index in [1.807, 2.05) is 0 Å². The zero-order valence-electron chi connectivity index (χ0n) is 12.0. The molecule has 1 atom stereocenters. The number of hydrogen-bond donors (Lipinski definition) is 1. The van der Waals surface area contributed by atoms with E-state index >= 15 is 0 Å². The first kappa shape index (κ1) is 16.6. The molecule has 0 aromatic carbocycles. The van der Waals surface area contributed by atoms with E-state index in [2.05, 4.69) is 20.8 Å². The Bertz CT molecular complexity index is 189. The lowest BCUT2D eigenvalue weighted by atomic mass is 9.87. The minimum Gasteiger partial charge on any atom is -0.330 e. The van der Waals surface area contributed by atoms with Crippen LogP contribution in [-0.4, -0.2) is 12.3 Å². The number of unbranched alkanes of at least 4 members (excludes halogenated alkanes) is 3. The first-order chi connectivity index (χ1) is 8.11. The summed E-state index contributed by atoms with van der Waals surface area (Å²) in [6.07, 6.45) is 8.41. The molecule has 0 saturated carbocycles. The van der Waals surface area contributed by atoms with Gasteiger partial charge in [0.05, 0.1) is 0 Å². The van der Waals surface area contributed by atoms with Gasteiger partial charge in [-0.15, -0.1) is 0 Å². The molecule has 0 aromatic rings. The van der Waals surface area contributed by atoms with Gasteiger partial charge in [0, 0.05) is 12.8 Å². The van der Waals surface area contributed by atoms with Gasteiger partial charge in [-0.3, -0.25) is 4.79 Å². The number of rotatable bonds is 11. The van der Waals surface area contributed by atoms with Gasteiger partial charge in [-0.2, -0.15) is 0 Å².